The molecule has 0 bridgehead atoms. The first kappa shape index (κ1) is 44.0. The lowest BCUT2D eigenvalue weighted by Gasteiger charge is -2.41. The van der Waals surface area contributed by atoms with Gasteiger partial charge in [-0.25, -0.2) is 4.79 Å². The van der Waals surface area contributed by atoms with Gasteiger partial charge in [-0.3, -0.25) is 24.5 Å². The summed E-state index contributed by atoms with van der Waals surface area (Å²) in [5, 5.41) is 5.65. The number of methoxy groups -OCH3 is 1. The molecule has 3 atom stereocenters. The minimum atomic E-state index is -0.661. The molecule has 13 heteroatoms. The number of ether oxygens (including phenoxy) is 4. The molecule has 0 aliphatic carbocycles. The Kier molecular flexibility index (Phi) is 14.5. The fraction of sp³-hybridized carbons (Fsp3) is 0.558. The predicted octanol–water partition coefficient (Wildman–Crippen LogP) is 5.66. The van der Waals surface area contributed by atoms with Gasteiger partial charge in [0, 0.05) is 58.1 Å². The number of dihydropyridines is 1. The molecule has 3 amide bonds. The third-order valence-corrected chi connectivity index (χ3v) is 9.45. The lowest BCUT2D eigenvalue weighted by Crippen LogP contribution is -2.55. The van der Waals surface area contributed by atoms with Crippen LogP contribution in [0.25, 0.3) is 0 Å². The van der Waals surface area contributed by atoms with E-state index >= 15 is 0 Å². The lowest BCUT2D eigenvalue weighted by molar-refractivity contribution is -0.00369. The molecule has 1 fully saturated rings. The van der Waals surface area contributed by atoms with Crippen LogP contribution in [0.4, 0.5) is 4.79 Å². The van der Waals surface area contributed by atoms with Gasteiger partial charge in [0.2, 0.25) is 0 Å². The van der Waals surface area contributed by atoms with Gasteiger partial charge < -0.3 is 34.5 Å². The van der Waals surface area contributed by atoms with Crippen molar-refractivity contribution in [3.05, 3.63) is 70.1 Å². The molecule has 3 heterocycles. The summed E-state index contributed by atoms with van der Waals surface area (Å²) in [6, 6.07) is 7.07. The van der Waals surface area contributed by atoms with Crippen LogP contribution >= 0.6 is 0 Å². The number of piperazine rings is 1. The number of aromatic nitrogens is 1. The van der Waals surface area contributed by atoms with Crippen molar-refractivity contribution in [3.63, 3.8) is 0 Å². The molecule has 0 spiro atoms. The van der Waals surface area contributed by atoms with Gasteiger partial charge in [0.1, 0.15) is 22.8 Å². The molecule has 1 aromatic carbocycles. The van der Waals surface area contributed by atoms with Crippen LogP contribution < -0.4 is 15.4 Å². The molecule has 1 unspecified atom stereocenters. The quantitative estimate of drug-likeness (QED) is 0.219. The summed E-state index contributed by atoms with van der Waals surface area (Å²) in [5.74, 6) is 6.50. The highest BCUT2D eigenvalue weighted by molar-refractivity contribution is 6.14. The van der Waals surface area contributed by atoms with Gasteiger partial charge in [0.15, 0.2) is 6.10 Å². The number of aliphatic imine (C=N–C) groups is 1. The SMILES string of the molecule is CNC(=O)c1cc(C(=O)NC2=NCC(C)(C#CC(C)(C)OCCOC)C=C2C)c(C)cc1O[C@H](CN1CCN(C(=O)OC(C)(C)C)[C@H](C)C1)c1ccc(C)cn1. The van der Waals surface area contributed by atoms with E-state index in [0.29, 0.717) is 74.3 Å². The minimum Gasteiger partial charge on any atom is -0.482 e. The Bertz CT molecular complexity index is 1870. The molecule has 56 heavy (non-hydrogen) atoms. The van der Waals surface area contributed by atoms with Gasteiger partial charge in [-0.2, -0.15) is 0 Å². The van der Waals surface area contributed by atoms with E-state index in [4.69, 9.17) is 23.9 Å². The second kappa shape index (κ2) is 18.4. The maximum absolute atomic E-state index is 13.8. The van der Waals surface area contributed by atoms with Gasteiger partial charge in [-0.05, 0) is 104 Å². The van der Waals surface area contributed by atoms with Gasteiger partial charge in [0.05, 0.1) is 36.4 Å². The highest BCUT2D eigenvalue weighted by Crippen LogP contribution is 2.31. The van der Waals surface area contributed by atoms with Crippen LogP contribution in [0.5, 0.6) is 5.75 Å². The molecule has 0 radical (unpaired) electrons. The predicted molar refractivity (Wildman–Crippen MR) is 217 cm³/mol. The van der Waals surface area contributed by atoms with E-state index < -0.39 is 34.5 Å². The molecule has 304 valence electrons. The van der Waals surface area contributed by atoms with Crippen molar-refractivity contribution in [3.8, 4) is 17.6 Å². The summed E-state index contributed by atoms with van der Waals surface area (Å²) in [6.45, 7) is 22.5. The second-order valence-electron chi connectivity index (χ2n) is 16.4. The number of carbonyl (C=O) groups excluding carboxylic acids is 3. The zero-order valence-electron chi connectivity index (χ0n) is 35.2. The summed E-state index contributed by atoms with van der Waals surface area (Å²) in [4.78, 5) is 53.5. The number of benzene rings is 1. The number of pyridine rings is 1. The Balaban J connectivity index is 1.55. The number of amidine groups is 1. The van der Waals surface area contributed by atoms with Gasteiger partial charge in [-0.1, -0.05) is 24.0 Å². The number of hydrogen-bond donors (Lipinski definition) is 2. The fourth-order valence-electron chi connectivity index (χ4n) is 6.43. The third kappa shape index (κ3) is 12.1. The van der Waals surface area contributed by atoms with Crippen LogP contribution in [0.1, 0.15) is 99.0 Å². The molecule has 2 N–H and O–H groups in total. The van der Waals surface area contributed by atoms with Crippen LogP contribution in [0.2, 0.25) is 0 Å². The van der Waals surface area contributed by atoms with E-state index in [-0.39, 0.29) is 17.7 Å². The summed E-state index contributed by atoms with van der Waals surface area (Å²) < 4.78 is 23.3. The first-order valence-corrected chi connectivity index (χ1v) is 19.1. The van der Waals surface area contributed by atoms with Crippen LogP contribution in [0.15, 0.2) is 47.1 Å². The van der Waals surface area contributed by atoms with Crippen molar-refractivity contribution in [2.45, 2.75) is 92.6 Å². The monoisotopic (exact) mass is 772 g/mol. The average Bonchev–Trinajstić information content (AvgIpc) is 3.11. The number of carbonyl (C=O) groups is 3. The highest BCUT2D eigenvalue weighted by atomic mass is 16.6. The summed E-state index contributed by atoms with van der Waals surface area (Å²) >= 11 is 0. The zero-order chi connectivity index (χ0) is 41.4. The second-order valence-corrected chi connectivity index (χ2v) is 16.4. The molecule has 2 aliphatic heterocycles. The number of aryl methyl sites for hydroxylation is 2. The standard InChI is InChI=1S/C43H60N6O7/c1-28-13-14-34(45-24-28)36(26-48-17-18-49(31(4)25-48)40(52)56-41(5,6)7)55-35-21-29(2)32(22-33(35)38(50)44-11)39(51)47-37-30(3)23-43(10,27-46-37)16-15-42(8,9)54-20-19-53-12/h13-14,21-24,31,36H,17-20,25-27H2,1-12H3,(H,44,50)(H,46,47,51)/t31-,36-,43?/m1/s1. The Morgan fingerprint density at radius 1 is 1.04 bits per heavy atom. The molecular formula is C43H60N6O7. The Morgan fingerprint density at radius 2 is 1.77 bits per heavy atom. The lowest BCUT2D eigenvalue weighted by atomic mass is 9.86. The smallest absolute Gasteiger partial charge is 0.410 e. The minimum absolute atomic E-state index is 0.0985. The molecule has 2 aliphatic rings. The Labute approximate surface area is 332 Å². The van der Waals surface area contributed by atoms with E-state index in [9.17, 15) is 14.4 Å². The van der Waals surface area contributed by atoms with Crippen molar-refractivity contribution < 1.29 is 33.3 Å². The van der Waals surface area contributed by atoms with Crippen molar-refractivity contribution in [2.24, 2.45) is 10.4 Å². The molecule has 2 aromatic rings. The van der Waals surface area contributed by atoms with Crippen LogP contribution in [0, 0.1) is 31.1 Å². The van der Waals surface area contributed by atoms with E-state index in [1.165, 1.54) is 7.05 Å². The van der Waals surface area contributed by atoms with Crippen LogP contribution in [0.3, 0.4) is 0 Å². The Morgan fingerprint density at radius 3 is 2.38 bits per heavy atom. The van der Waals surface area contributed by atoms with Crippen molar-refractivity contribution in [2.75, 3.05) is 60.1 Å². The number of rotatable bonds is 11. The third-order valence-electron chi connectivity index (χ3n) is 9.45. The van der Waals surface area contributed by atoms with Gasteiger partial charge in [0.25, 0.3) is 11.8 Å². The largest absolute Gasteiger partial charge is 0.482 e. The van der Waals surface area contributed by atoms with Crippen molar-refractivity contribution >= 4 is 23.7 Å². The van der Waals surface area contributed by atoms with E-state index in [0.717, 1.165) is 11.1 Å². The summed E-state index contributed by atoms with van der Waals surface area (Å²) in [7, 11) is 3.16. The van der Waals surface area contributed by atoms with E-state index in [1.807, 2.05) is 80.5 Å². The Hall–Kier alpha value is -4.77. The number of amides is 3. The number of nitrogens with zero attached hydrogens (tertiary/aromatic N) is 4. The first-order chi connectivity index (χ1) is 26.2. The van der Waals surface area contributed by atoms with Gasteiger partial charge >= 0.3 is 6.09 Å². The topological polar surface area (TPSA) is 144 Å². The van der Waals surface area contributed by atoms with Crippen molar-refractivity contribution in [1.82, 2.24) is 25.4 Å². The van der Waals surface area contributed by atoms with Crippen LogP contribution in [-0.4, -0.2) is 116 Å². The highest BCUT2D eigenvalue weighted by Gasteiger charge is 2.33. The molecule has 13 nitrogen and oxygen atoms in total. The van der Waals surface area contributed by atoms with Crippen molar-refractivity contribution in [1.29, 1.82) is 0 Å². The zero-order valence-corrected chi connectivity index (χ0v) is 35.2. The van der Waals surface area contributed by atoms with Gasteiger partial charge in [-0.15, -0.1) is 0 Å². The number of nitrogens with one attached hydrogen (secondary N) is 2. The molecule has 0 saturated carbocycles. The first-order valence-electron chi connectivity index (χ1n) is 19.1. The molecular weight excluding hydrogens is 713 g/mol. The van der Waals surface area contributed by atoms with Crippen LogP contribution in [-0.2, 0) is 14.2 Å². The maximum atomic E-state index is 13.8. The number of hydrogen-bond acceptors (Lipinski definition) is 10. The fourth-order valence-corrected chi connectivity index (χ4v) is 6.43. The molecule has 4 rings (SSSR count). The average molecular weight is 773 g/mol. The maximum Gasteiger partial charge on any atom is 0.410 e. The molecule has 1 aromatic heterocycles. The summed E-state index contributed by atoms with van der Waals surface area (Å²) in [5.41, 5.74) is 1.81. The molecule has 1 saturated heterocycles. The van der Waals surface area contributed by atoms with E-state index in [2.05, 4.69) is 32.4 Å². The normalized spacial score (nSPS) is 19.5. The summed E-state index contributed by atoms with van der Waals surface area (Å²) in [6.07, 6.45) is 2.89. The van der Waals surface area contributed by atoms with E-state index in [1.54, 1.807) is 37.3 Å².